The molecular formula is C15H21ClN2O. The molecule has 104 valence electrons. The number of carbonyl (C=O) groups excluding carboxylic acids is 1. The lowest BCUT2D eigenvalue weighted by Crippen LogP contribution is -2.44. The maximum absolute atomic E-state index is 12.5. The number of halogens is 1. The van der Waals surface area contributed by atoms with E-state index in [4.69, 9.17) is 17.3 Å². The van der Waals surface area contributed by atoms with E-state index < -0.39 is 5.41 Å². The Kier molecular flexibility index (Phi) is 4.48. The van der Waals surface area contributed by atoms with Gasteiger partial charge in [0.2, 0.25) is 5.91 Å². The fourth-order valence-corrected chi connectivity index (χ4v) is 2.76. The van der Waals surface area contributed by atoms with Gasteiger partial charge in [0.15, 0.2) is 0 Å². The van der Waals surface area contributed by atoms with Gasteiger partial charge in [-0.3, -0.25) is 4.79 Å². The fourth-order valence-electron chi connectivity index (χ4n) is 2.64. The predicted octanol–water partition coefficient (Wildman–Crippen LogP) is 3.43. The lowest BCUT2D eigenvalue weighted by atomic mass is 9.70. The monoisotopic (exact) mass is 280 g/mol. The average Bonchev–Trinajstić information content (AvgIpc) is 2.42. The smallest absolute Gasteiger partial charge is 0.231 e. The summed E-state index contributed by atoms with van der Waals surface area (Å²) in [5.74, 6) is 0.743. The molecule has 2 rings (SSSR count). The van der Waals surface area contributed by atoms with Crippen LogP contribution in [0.25, 0.3) is 0 Å². The first kappa shape index (κ1) is 14.4. The van der Waals surface area contributed by atoms with Crippen LogP contribution in [0.15, 0.2) is 24.3 Å². The van der Waals surface area contributed by atoms with Crippen molar-refractivity contribution in [3.8, 4) is 0 Å². The highest BCUT2D eigenvalue weighted by atomic mass is 35.5. The molecule has 1 fully saturated rings. The van der Waals surface area contributed by atoms with E-state index >= 15 is 0 Å². The average molecular weight is 281 g/mol. The minimum atomic E-state index is -0.397. The molecule has 3 N–H and O–H groups in total. The summed E-state index contributed by atoms with van der Waals surface area (Å²) in [5, 5.41) is 3.63. The molecule has 1 saturated carbocycles. The number of hydrogen-bond donors (Lipinski definition) is 2. The van der Waals surface area contributed by atoms with Gasteiger partial charge in [0.05, 0.1) is 5.41 Å². The lowest BCUT2D eigenvalue weighted by Gasteiger charge is -2.37. The zero-order valence-electron chi connectivity index (χ0n) is 11.3. The highest BCUT2D eigenvalue weighted by molar-refractivity contribution is 6.30. The van der Waals surface area contributed by atoms with Gasteiger partial charge in [0, 0.05) is 17.3 Å². The van der Waals surface area contributed by atoms with E-state index in [2.05, 4.69) is 12.2 Å². The Morgan fingerprint density at radius 1 is 1.37 bits per heavy atom. The highest BCUT2D eigenvalue weighted by Gasteiger charge is 2.39. The molecule has 1 aromatic rings. The van der Waals surface area contributed by atoms with Crippen molar-refractivity contribution in [1.82, 2.24) is 0 Å². The maximum Gasteiger partial charge on any atom is 0.231 e. The normalized spacial score (nSPS) is 27.0. The van der Waals surface area contributed by atoms with E-state index in [0.717, 1.165) is 31.4 Å². The van der Waals surface area contributed by atoms with Crippen molar-refractivity contribution in [2.45, 2.75) is 32.6 Å². The molecule has 0 atom stereocenters. The predicted molar refractivity (Wildman–Crippen MR) is 79.2 cm³/mol. The summed E-state index contributed by atoms with van der Waals surface area (Å²) in [4.78, 5) is 12.5. The van der Waals surface area contributed by atoms with Gasteiger partial charge in [0.25, 0.3) is 0 Å². The molecule has 0 spiro atoms. The second kappa shape index (κ2) is 5.93. The topological polar surface area (TPSA) is 55.1 Å². The number of rotatable bonds is 3. The minimum absolute atomic E-state index is 0.0456. The molecule has 0 radical (unpaired) electrons. The number of hydrogen-bond acceptors (Lipinski definition) is 2. The Hall–Kier alpha value is -1.06. The molecular weight excluding hydrogens is 260 g/mol. The summed E-state index contributed by atoms with van der Waals surface area (Å²) in [6.45, 7) is 2.65. The van der Waals surface area contributed by atoms with E-state index in [1.807, 2.05) is 12.1 Å². The zero-order chi connectivity index (χ0) is 13.9. The van der Waals surface area contributed by atoms with Gasteiger partial charge in [-0.05, 0) is 55.9 Å². The molecule has 0 bridgehead atoms. The van der Waals surface area contributed by atoms with Crippen LogP contribution >= 0.6 is 11.6 Å². The van der Waals surface area contributed by atoms with Crippen LogP contribution in [0.1, 0.15) is 32.6 Å². The van der Waals surface area contributed by atoms with Crippen LogP contribution in [0.4, 0.5) is 5.69 Å². The fraction of sp³-hybridized carbons (Fsp3) is 0.533. The number of nitrogens with two attached hydrogens (primary N) is 1. The number of anilines is 1. The van der Waals surface area contributed by atoms with Gasteiger partial charge >= 0.3 is 0 Å². The van der Waals surface area contributed by atoms with Crippen LogP contribution < -0.4 is 11.1 Å². The van der Waals surface area contributed by atoms with Crippen LogP contribution in [0.5, 0.6) is 0 Å². The van der Waals surface area contributed by atoms with Crippen LogP contribution in [-0.4, -0.2) is 12.5 Å². The summed E-state index contributed by atoms with van der Waals surface area (Å²) in [6, 6.07) is 7.18. The van der Waals surface area contributed by atoms with Gasteiger partial charge in [0.1, 0.15) is 0 Å². The first-order chi connectivity index (χ1) is 9.05. The Morgan fingerprint density at radius 2 is 1.95 bits per heavy atom. The quantitative estimate of drug-likeness (QED) is 0.891. The molecule has 0 saturated heterocycles. The molecule has 19 heavy (non-hydrogen) atoms. The summed E-state index contributed by atoms with van der Waals surface area (Å²) in [6.07, 6.45) is 3.91. The van der Waals surface area contributed by atoms with Gasteiger partial charge in [-0.25, -0.2) is 0 Å². The van der Waals surface area contributed by atoms with Gasteiger partial charge in [-0.15, -0.1) is 0 Å². The van der Waals surface area contributed by atoms with E-state index in [9.17, 15) is 4.79 Å². The highest BCUT2D eigenvalue weighted by Crippen LogP contribution is 2.39. The molecule has 4 heteroatoms. The summed E-state index contributed by atoms with van der Waals surface area (Å²) < 4.78 is 0. The number of nitrogens with one attached hydrogen (secondary N) is 1. The number of carbonyl (C=O) groups is 1. The van der Waals surface area contributed by atoms with Crippen LogP contribution in [0.3, 0.4) is 0 Å². The second-order valence-corrected chi connectivity index (χ2v) is 6.06. The van der Waals surface area contributed by atoms with Crippen molar-refractivity contribution in [2.24, 2.45) is 17.1 Å². The molecule has 1 aromatic carbocycles. The Bertz CT molecular complexity index is 436. The molecule has 0 aromatic heterocycles. The Labute approximate surface area is 119 Å². The van der Waals surface area contributed by atoms with E-state index in [-0.39, 0.29) is 5.91 Å². The van der Waals surface area contributed by atoms with Gasteiger partial charge in [-0.1, -0.05) is 18.5 Å². The Balaban J connectivity index is 2.06. The maximum atomic E-state index is 12.5. The van der Waals surface area contributed by atoms with Gasteiger partial charge in [-0.2, -0.15) is 0 Å². The molecule has 0 aliphatic heterocycles. The first-order valence-corrected chi connectivity index (χ1v) is 7.21. The summed E-state index contributed by atoms with van der Waals surface area (Å²) in [5.41, 5.74) is 6.26. The number of benzene rings is 1. The molecule has 1 amide bonds. The largest absolute Gasteiger partial charge is 0.329 e. The lowest BCUT2D eigenvalue weighted by molar-refractivity contribution is -0.127. The van der Waals surface area contributed by atoms with Crippen LogP contribution in [0.2, 0.25) is 5.02 Å². The zero-order valence-corrected chi connectivity index (χ0v) is 12.0. The van der Waals surface area contributed by atoms with E-state index in [1.54, 1.807) is 12.1 Å². The van der Waals surface area contributed by atoms with Crippen molar-refractivity contribution in [3.05, 3.63) is 29.3 Å². The standard InChI is InChI=1S/C15H21ClN2O/c1-11-6-8-15(10-17,9-7-11)14(19)18-13-4-2-12(16)3-5-13/h2-5,11H,6-10,17H2,1H3,(H,18,19). The molecule has 3 nitrogen and oxygen atoms in total. The molecule has 1 aliphatic carbocycles. The van der Waals surface area contributed by atoms with Crippen molar-refractivity contribution in [3.63, 3.8) is 0 Å². The van der Waals surface area contributed by atoms with E-state index in [0.29, 0.717) is 17.5 Å². The number of amides is 1. The molecule has 0 heterocycles. The minimum Gasteiger partial charge on any atom is -0.329 e. The third kappa shape index (κ3) is 3.28. The van der Waals surface area contributed by atoms with Crippen LogP contribution in [0, 0.1) is 11.3 Å². The van der Waals surface area contributed by atoms with Gasteiger partial charge < -0.3 is 11.1 Å². The van der Waals surface area contributed by atoms with Crippen molar-refractivity contribution in [2.75, 3.05) is 11.9 Å². The SMILES string of the molecule is CC1CCC(CN)(C(=O)Nc2ccc(Cl)cc2)CC1. The molecule has 1 aliphatic rings. The van der Waals surface area contributed by atoms with Crippen molar-refractivity contribution >= 4 is 23.2 Å². The summed E-state index contributed by atoms with van der Waals surface area (Å²) >= 11 is 5.83. The van der Waals surface area contributed by atoms with E-state index in [1.165, 1.54) is 0 Å². The third-order valence-corrected chi connectivity index (χ3v) is 4.46. The third-order valence-electron chi connectivity index (χ3n) is 4.21. The van der Waals surface area contributed by atoms with Crippen molar-refractivity contribution in [1.29, 1.82) is 0 Å². The first-order valence-electron chi connectivity index (χ1n) is 6.83. The van der Waals surface area contributed by atoms with Crippen molar-refractivity contribution < 1.29 is 4.79 Å². The molecule has 0 unspecified atom stereocenters. The second-order valence-electron chi connectivity index (χ2n) is 5.63. The van der Waals surface area contributed by atoms with Crippen LogP contribution in [-0.2, 0) is 4.79 Å². The Morgan fingerprint density at radius 3 is 2.47 bits per heavy atom. The summed E-state index contributed by atoms with van der Waals surface area (Å²) in [7, 11) is 0.